The average Bonchev–Trinajstić information content (AvgIpc) is 2.73. The Bertz CT molecular complexity index is 532. The van der Waals surface area contributed by atoms with E-state index in [1.54, 1.807) is 11.6 Å². The molecule has 0 saturated carbocycles. The van der Waals surface area contributed by atoms with E-state index in [4.69, 9.17) is 4.74 Å². The fourth-order valence-corrected chi connectivity index (χ4v) is 1.79. The fourth-order valence-electron chi connectivity index (χ4n) is 1.79. The first kappa shape index (κ1) is 12.6. The van der Waals surface area contributed by atoms with E-state index in [9.17, 15) is 5.11 Å². The minimum Gasteiger partial charge on any atom is -0.487 e. The third-order valence-corrected chi connectivity index (χ3v) is 2.83. The number of benzene rings is 1. The van der Waals surface area contributed by atoms with Crippen molar-refractivity contribution in [2.24, 2.45) is 7.05 Å². The molecule has 1 atom stereocenters. The summed E-state index contributed by atoms with van der Waals surface area (Å²) in [5, 5.41) is 13.7. The summed E-state index contributed by atoms with van der Waals surface area (Å²) in [6, 6.07) is 7.64. The van der Waals surface area contributed by atoms with Crippen LogP contribution in [0.2, 0.25) is 0 Å². The van der Waals surface area contributed by atoms with Gasteiger partial charge in [0.15, 0.2) is 0 Å². The largest absolute Gasteiger partial charge is 0.487 e. The molecule has 0 aliphatic heterocycles. The molecule has 1 aromatic heterocycles. The standard InChI is InChI=1S/C14H18N2O2/c1-10-8-12(11(2)17)4-5-14(10)18-9-13-6-7-16(3)15-13/h4-8,11,17H,9H2,1-3H3/t11-/m0/s1. The number of aromatic nitrogens is 2. The third-order valence-electron chi connectivity index (χ3n) is 2.83. The molecule has 0 aliphatic rings. The van der Waals surface area contributed by atoms with Gasteiger partial charge in [0.25, 0.3) is 0 Å². The van der Waals surface area contributed by atoms with Crippen LogP contribution in [0.3, 0.4) is 0 Å². The highest BCUT2D eigenvalue weighted by Gasteiger charge is 2.06. The number of aliphatic hydroxyl groups is 1. The highest BCUT2D eigenvalue weighted by molar-refractivity contribution is 5.37. The van der Waals surface area contributed by atoms with Crippen LogP contribution in [0.4, 0.5) is 0 Å². The second kappa shape index (κ2) is 5.23. The number of rotatable bonds is 4. The Morgan fingerprint density at radius 1 is 1.39 bits per heavy atom. The van der Waals surface area contributed by atoms with Gasteiger partial charge < -0.3 is 9.84 Å². The topological polar surface area (TPSA) is 47.3 Å². The minimum atomic E-state index is -0.450. The van der Waals surface area contributed by atoms with Crippen LogP contribution < -0.4 is 4.74 Å². The second-order valence-electron chi connectivity index (χ2n) is 4.47. The predicted octanol–water partition coefficient (Wildman–Crippen LogP) is 2.36. The van der Waals surface area contributed by atoms with Crippen LogP contribution in [-0.2, 0) is 13.7 Å². The van der Waals surface area contributed by atoms with Crippen LogP contribution in [0.5, 0.6) is 5.75 Å². The number of hydrogen-bond donors (Lipinski definition) is 1. The third kappa shape index (κ3) is 2.90. The van der Waals surface area contributed by atoms with E-state index in [0.717, 1.165) is 22.6 Å². The normalized spacial score (nSPS) is 12.4. The summed E-state index contributed by atoms with van der Waals surface area (Å²) in [4.78, 5) is 0. The molecule has 1 N–H and O–H groups in total. The number of hydrogen-bond acceptors (Lipinski definition) is 3. The maximum Gasteiger partial charge on any atom is 0.132 e. The molecule has 0 saturated heterocycles. The van der Waals surface area contributed by atoms with E-state index in [0.29, 0.717) is 6.61 Å². The molecule has 0 radical (unpaired) electrons. The van der Waals surface area contributed by atoms with Gasteiger partial charge in [0.05, 0.1) is 11.8 Å². The van der Waals surface area contributed by atoms with Crippen molar-refractivity contribution < 1.29 is 9.84 Å². The average molecular weight is 246 g/mol. The maximum absolute atomic E-state index is 9.50. The van der Waals surface area contributed by atoms with Crippen molar-refractivity contribution in [1.82, 2.24) is 9.78 Å². The summed E-state index contributed by atoms with van der Waals surface area (Å²) in [5.41, 5.74) is 2.82. The molecule has 0 aliphatic carbocycles. The van der Waals surface area contributed by atoms with Crippen molar-refractivity contribution in [3.8, 4) is 5.75 Å². The Kier molecular flexibility index (Phi) is 3.67. The second-order valence-corrected chi connectivity index (χ2v) is 4.47. The first-order valence-corrected chi connectivity index (χ1v) is 5.96. The monoisotopic (exact) mass is 246 g/mol. The molecule has 2 aromatic rings. The lowest BCUT2D eigenvalue weighted by molar-refractivity contribution is 0.199. The SMILES string of the molecule is Cc1cc([C@H](C)O)ccc1OCc1ccn(C)n1. The molecule has 0 bridgehead atoms. The number of nitrogens with zero attached hydrogens (tertiary/aromatic N) is 2. The molecule has 0 amide bonds. The van der Waals surface area contributed by atoms with Gasteiger partial charge in [-0.05, 0) is 43.2 Å². The van der Waals surface area contributed by atoms with Crippen molar-refractivity contribution >= 4 is 0 Å². The Morgan fingerprint density at radius 3 is 2.72 bits per heavy atom. The Balaban J connectivity index is 2.05. The van der Waals surface area contributed by atoms with Crippen LogP contribution in [0, 0.1) is 6.92 Å². The Morgan fingerprint density at radius 2 is 2.17 bits per heavy atom. The van der Waals surface area contributed by atoms with Gasteiger partial charge in [-0.1, -0.05) is 6.07 Å². The van der Waals surface area contributed by atoms with Gasteiger partial charge in [0, 0.05) is 13.2 Å². The smallest absolute Gasteiger partial charge is 0.132 e. The highest BCUT2D eigenvalue weighted by atomic mass is 16.5. The first-order chi connectivity index (χ1) is 8.56. The molecular weight excluding hydrogens is 228 g/mol. The van der Waals surface area contributed by atoms with Crippen LogP contribution in [-0.4, -0.2) is 14.9 Å². The summed E-state index contributed by atoms with van der Waals surface area (Å²) < 4.78 is 7.47. The molecule has 1 aromatic carbocycles. The molecule has 0 fully saturated rings. The molecule has 96 valence electrons. The fraction of sp³-hybridized carbons (Fsp3) is 0.357. The van der Waals surface area contributed by atoms with E-state index in [1.807, 2.05) is 44.4 Å². The minimum absolute atomic E-state index is 0.450. The number of aryl methyl sites for hydroxylation is 2. The summed E-state index contributed by atoms with van der Waals surface area (Å²) in [7, 11) is 1.88. The number of aliphatic hydroxyl groups excluding tert-OH is 1. The van der Waals surface area contributed by atoms with Gasteiger partial charge in [0.2, 0.25) is 0 Å². The van der Waals surface area contributed by atoms with Gasteiger partial charge in [0.1, 0.15) is 12.4 Å². The molecule has 1 heterocycles. The summed E-state index contributed by atoms with van der Waals surface area (Å²) in [6.45, 7) is 4.18. The summed E-state index contributed by atoms with van der Waals surface area (Å²) in [6.07, 6.45) is 1.44. The first-order valence-electron chi connectivity index (χ1n) is 5.96. The zero-order valence-electron chi connectivity index (χ0n) is 10.9. The lowest BCUT2D eigenvalue weighted by Crippen LogP contribution is -2.00. The summed E-state index contributed by atoms with van der Waals surface area (Å²) >= 11 is 0. The van der Waals surface area contributed by atoms with Crippen molar-refractivity contribution in [3.63, 3.8) is 0 Å². The Hall–Kier alpha value is -1.81. The zero-order valence-corrected chi connectivity index (χ0v) is 10.9. The van der Waals surface area contributed by atoms with Crippen molar-refractivity contribution in [2.45, 2.75) is 26.6 Å². The van der Waals surface area contributed by atoms with Crippen molar-refractivity contribution in [3.05, 3.63) is 47.3 Å². The van der Waals surface area contributed by atoms with E-state index < -0.39 is 6.10 Å². The number of ether oxygens (including phenoxy) is 1. The van der Waals surface area contributed by atoms with Crippen molar-refractivity contribution in [1.29, 1.82) is 0 Å². The van der Waals surface area contributed by atoms with Crippen molar-refractivity contribution in [2.75, 3.05) is 0 Å². The van der Waals surface area contributed by atoms with Crippen LogP contribution in [0.1, 0.15) is 29.8 Å². The van der Waals surface area contributed by atoms with Crippen LogP contribution in [0.15, 0.2) is 30.5 Å². The lowest BCUT2D eigenvalue weighted by atomic mass is 10.1. The van der Waals surface area contributed by atoms with Gasteiger partial charge >= 0.3 is 0 Å². The molecule has 2 rings (SSSR count). The maximum atomic E-state index is 9.50. The van der Waals surface area contributed by atoms with Gasteiger partial charge in [-0.2, -0.15) is 5.10 Å². The molecular formula is C14H18N2O2. The predicted molar refractivity (Wildman–Crippen MR) is 69.4 cm³/mol. The van der Waals surface area contributed by atoms with Gasteiger partial charge in [-0.15, -0.1) is 0 Å². The highest BCUT2D eigenvalue weighted by Crippen LogP contribution is 2.23. The Labute approximate surface area is 107 Å². The molecule has 0 spiro atoms. The van der Waals surface area contributed by atoms with E-state index in [-0.39, 0.29) is 0 Å². The van der Waals surface area contributed by atoms with E-state index >= 15 is 0 Å². The quantitative estimate of drug-likeness (QED) is 0.900. The van der Waals surface area contributed by atoms with Crippen LogP contribution in [0.25, 0.3) is 0 Å². The molecule has 18 heavy (non-hydrogen) atoms. The lowest BCUT2D eigenvalue weighted by Gasteiger charge is -2.11. The molecule has 0 unspecified atom stereocenters. The van der Waals surface area contributed by atoms with Gasteiger partial charge in [-0.3, -0.25) is 4.68 Å². The summed E-state index contributed by atoms with van der Waals surface area (Å²) in [5.74, 6) is 0.824. The van der Waals surface area contributed by atoms with Gasteiger partial charge in [-0.25, -0.2) is 0 Å². The van der Waals surface area contributed by atoms with Crippen LogP contribution >= 0.6 is 0 Å². The zero-order chi connectivity index (χ0) is 13.1. The van der Waals surface area contributed by atoms with E-state index in [2.05, 4.69) is 5.10 Å². The molecule has 4 heteroatoms. The molecule has 4 nitrogen and oxygen atoms in total. The van der Waals surface area contributed by atoms with E-state index in [1.165, 1.54) is 0 Å².